The molecule has 0 aliphatic rings. The van der Waals surface area contributed by atoms with Crippen LogP contribution in [0, 0.1) is 13.8 Å². The van der Waals surface area contributed by atoms with Crippen LogP contribution >= 0.6 is 0 Å². The van der Waals surface area contributed by atoms with Crippen LogP contribution in [0.5, 0.6) is 5.75 Å². The molecule has 4 rings (SSSR count). The second-order valence-electron chi connectivity index (χ2n) is 6.45. The van der Waals surface area contributed by atoms with Crippen LogP contribution in [0.1, 0.15) is 28.4 Å². The molecule has 0 atom stereocenters. The number of fused-ring (bicyclic) bond motifs is 2. The maximum Gasteiger partial charge on any atom is 0.336 e. The summed E-state index contributed by atoms with van der Waals surface area (Å²) in [6, 6.07) is 13.0. The third kappa shape index (κ3) is 2.72. The number of para-hydroxylation sites is 1. The number of rotatable bonds is 4. The predicted octanol–water partition coefficient (Wildman–Crippen LogP) is 5.36. The first-order valence-electron chi connectivity index (χ1n) is 8.80. The smallest absolute Gasteiger partial charge is 0.336 e. The molecule has 0 bridgehead atoms. The number of pyridine rings is 1. The first-order valence-corrected chi connectivity index (χ1v) is 8.80. The fourth-order valence-corrected chi connectivity index (χ4v) is 3.42. The Balaban J connectivity index is 2.06. The number of carbonyl (C=O) groups is 1. The summed E-state index contributed by atoms with van der Waals surface area (Å²) in [6.07, 6.45) is 0. The van der Waals surface area contributed by atoms with Gasteiger partial charge in [-0.3, -0.25) is 0 Å². The van der Waals surface area contributed by atoms with Gasteiger partial charge < -0.3 is 14.3 Å². The van der Waals surface area contributed by atoms with Gasteiger partial charge in [0.25, 0.3) is 0 Å². The number of aryl methyl sites for hydroxylation is 2. The van der Waals surface area contributed by atoms with Crippen LogP contribution in [0.2, 0.25) is 0 Å². The van der Waals surface area contributed by atoms with Gasteiger partial charge in [-0.2, -0.15) is 0 Å². The first kappa shape index (κ1) is 17.1. The molecule has 0 saturated heterocycles. The van der Waals surface area contributed by atoms with E-state index in [0.29, 0.717) is 34.7 Å². The zero-order valence-corrected chi connectivity index (χ0v) is 15.4. The van der Waals surface area contributed by atoms with E-state index in [9.17, 15) is 9.90 Å². The third-order valence-electron chi connectivity index (χ3n) is 4.73. The highest BCUT2D eigenvalue weighted by atomic mass is 16.5. The summed E-state index contributed by atoms with van der Waals surface area (Å²) in [4.78, 5) is 16.8. The zero-order chi connectivity index (χ0) is 19.1. The number of carboxylic acids is 1. The van der Waals surface area contributed by atoms with Crippen molar-refractivity contribution in [1.82, 2.24) is 4.98 Å². The summed E-state index contributed by atoms with van der Waals surface area (Å²) in [6.45, 7) is 6.18. The Morgan fingerprint density at radius 1 is 1.19 bits per heavy atom. The van der Waals surface area contributed by atoms with Crippen molar-refractivity contribution in [3.63, 3.8) is 0 Å². The van der Waals surface area contributed by atoms with E-state index in [1.807, 2.05) is 51.1 Å². The molecule has 0 aliphatic heterocycles. The van der Waals surface area contributed by atoms with Gasteiger partial charge in [-0.15, -0.1) is 0 Å². The van der Waals surface area contributed by atoms with Crippen LogP contribution in [-0.4, -0.2) is 22.7 Å². The van der Waals surface area contributed by atoms with Crippen molar-refractivity contribution in [3.8, 4) is 17.2 Å². The van der Waals surface area contributed by atoms with Gasteiger partial charge in [0.1, 0.15) is 17.0 Å². The predicted molar refractivity (Wildman–Crippen MR) is 105 cm³/mol. The highest BCUT2D eigenvalue weighted by Crippen LogP contribution is 2.37. The molecule has 27 heavy (non-hydrogen) atoms. The van der Waals surface area contributed by atoms with Crippen molar-refractivity contribution in [2.75, 3.05) is 6.61 Å². The summed E-state index contributed by atoms with van der Waals surface area (Å²) < 4.78 is 11.7. The summed E-state index contributed by atoms with van der Waals surface area (Å²) in [5.41, 5.74) is 3.84. The highest BCUT2D eigenvalue weighted by Gasteiger charge is 2.21. The lowest BCUT2D eigenvalue weighted by molar-refractivity contribution is 0.0698. The molecule has 2 aromatic heterocycles. The Kier molecular flexibility index (Phi) is 4.07. The molecule has 2 aromatic carbocycles. The largest absolute Gasteiger partial charge is 0.493 e. The number of carboxylic acid groups (broad SMARTS) is 1. The minimum atomic E-state index is -1.02. The number of hydrogen-bond donors (Lipinski definition) is 1. The normalized spacial score (nSPS) is 11.2. The van der Waals surface area contributed by atoms with E-state index in [2.05, 4.69) is 0 Å². The fourth-order valence-electron chi connectivity index (χ4n) is 3.42. The fraction of sp³-hybridized carbons (Fsp3) is 0.182. The number of ether oxygens (including phenoxy) is 1. The second-order valence-corrected chi connectivity index (χ2v) is 6.45. The molecule has 0 spiro atoms. The van der Waals surface area contributed by atoms with Crippen LogP contribution in [-0.2, 0) is 0 Å². The van der Waals surface area contributed by atoms with Gasteiger partial charge in [0.05, 0.1) is 23.1 Å². The second kappa shape index (κ2) is 6.43. The Hall–Kier alpha value is -3.34. The summed E-state index contributed by atoms with van der Waals surface area (Å²) in [5, 5.41) is 11.3. The Labute approximate surface area is 156 Å². The van der Waals surface area contributed by atoms with Crippen molar-refractivity contribution >= 4 is 27.8 Å². The molecule has 0 radical (unpaired) electrons. The molecule has 2 heterocycles. The van der Waals surface area contributed by atoms with Crippen LogP contribution in [0.4, 0.5) is 0 Å². The number of furan rings is 1. The molecular weight excluding hydrogens is 342 g/mol. The van der Waals surface area contributed by atoms with Crippen molar-refractivity contribution in [2.24, 2.45) is 0 Å². The van der Waals surface area contributed by atoms with Crippen molar-refractivity contribution in [2.45, 2.75) is 20.8 Å². The number of hydrogen-bond acceptors (Lipinski definition) is 4. The van der Waals surface area contributed by atoms with Gasteiger partial charge >= 0.3 is 5.97 Å². The number of nitrogens with zero attached hydrogens (tertiary/aromatic N) is 1. The molecule has 0 saturated carbocycles. The van der Waals surface area contributed by atoms with Crippen LogP contribution < -0.4 is 4.74 Å². The summed E-state index contributed by atoms with van der Waals surface area (Å²) in [5.74, 6) is 0.0849. The maximum absolute atomic E-state index is 12.0. The SMILES string of the molecule is CCOc1ccc(C)c2nc(-c3oc4ccccc4c3C)cc(C(=O)O)c12. The van der Waals surface area contributed by atoms with Crippen LogP contribution in [0.25, 0.3) is 33.3 Å². The van der Waals surface area contributed by atoms with Gasteiger partial charge in [0, 0.05) is 10.9 Å². The lowest BCUT2D eigenvalue weighted by Crippen LogP contribution is -2.04. The van der Waals surface area contributed by atoms with E-state index < -0.39 is 5.97 Å². The first-order chi connectivity index (χ1) is 13.0. The average Bonchev–Trinajstić information content (AvgIpc) is 3.00. The lowest BCUT2D eigenvalue weighted by atomic mass is 10.0. The topological polar surface area (TPSA) is 72.6 Å². The zero-order valence-electron chi connectivity index (χ0n) is 15.4. The standard InChI is InChI=1S/C22H19NO4/c1-4-26-18-10-9-12(2)20-19(18)15(22(24)25)11-16(23-20)21-13(3)14-7-5-6-8-17(14)27-21/h5-11H,4H2,1-3H3,(H,24,25). The quantitative estimate of drug-likeness (QED) is 0.529. The minimum absolute atomic E-state index is 0.155. The monoisotopic (exact) mass is 361 g/mol. The maximum atomic E-state index is 12.0. The molecule has 0 amide bonds. The minimum Gasteiger partial charge on any atom is -0.493 e. The highest BCUT2D eigenvalue weighted by molar-refractivity contribution is 6.07. The molecule has 5 nitrogen and oxygen atoms in total. The number of aromatic carboxylic acids is 1. The Morgan fingerprint density at radius 2 is 1.96 bits per heavy atom. The average molecular weight is 361 g/mol. The van der Waals surface area contributed by atoms with E-state index in [1.54, 1.807) is 12.1 Å². The van der Waals surface area contributed by atoms with E-state index >= 15 is 0 Å². The van der Waals surface area contributed by atoms with Crippen LogP contribution in [0.3, 0.4) is 0 Å². The molecule has 0 fully saturated rings. The van der Waals surface area contributed by atoms with Gasteiger partial charge in [-0.25, -0.2) is 9.78 Å². The van der Waals surface area contributed by atoms with Gasteiger partial charge in [0.15, 0.2) is 5.76 Å². The molecule has 5 heteroatoms. The van der Waals surface area contributed by atoms with Gasteiger partial charge in [-0.1, -0.05) is 24.3 Å². The number of benzene rings is 2. The van der Waals surface area contributed by atoms with E-state index in [4.69, 9.17) is 14.1 Å². The molecule has 0 aliphatic carbocycles. The Morgan fingerprint density at radius 3 is 2.67 bits per heavy atom. The molecule has 4 aromatic rings. The van der Waals surface area contributed by atoms with Crippen LogP contribution in [0.15, 0.2) is 46.9 Å². The van der Waals surface area contributed by atoms with Crippen molar-refractivity contribution in [3.05, 3.63) is 59.2 Å². The molecule has 1 N–H and O–H groups in total. The third-order valence-corrected chi connectivity index (χ3v) is 4.73. The summed E-state index contributed by atoms with van der Waals surface area (Å²) in [7, 11) is 0. The van der Waals surface area contributed by atoms with Gasteiger partial charge in [0.2, 0.25) is 0 Å². The van der Waals surface area contributed by atoms with E-state index in [0.717, 1.165) is 22.1 Å². The lowest BCUT2D eigenvalue weighted by Gasteiger charge is -2.13. The van der Waals surface area contributed by atoms with Gasteiger partial charge in [-0.05, 0) is 44.5 Å². The number of aromatic nitrogens is 1. The van der Waals surface area contributed by atoms with E-state index in [-0.39, 0.29) is 5.56 Å². The molecule has 136 valence electrons. The van der Waals surface area contributed by atoms with Crippen molar-refractivity contribution < 1.29 is 19.1 Å². The molecular formula is C22H19NO4. The summed E-state index contributed by atoms with van der Waals surface area (Å²) >= 11 is 0. The Bertz CT molecular complexity index is 1190. The van der Waals surface area contributed by atoms with E-state index in [1.165, 1.54) is 0 Å². The van der Waals surface area contributed by atoms with Crippen molar-refractivity contribution in [1.29, 1.82) is 0 Å². The molecule has 0 unspecified atom stereocenters.